The Hall–Kier alpha value is -2.00. The van der Waals surface area contributed by atoms with Crippen LogP contribution in [0, 0.1) is 0 Å². The van der Waals surface area contributed by atoms with E-state index in [4.69, 9.17) is 16.7 Å². The van der Waals surface area contributed by atoms with Crippen molar-refractivity contribution in [2.24, 2.45) is 0 Å². The topological polar surface area (TPSA) is 57.5 Å². The molecule has 1 unspecified atom stereocenters. The molecule has 0 heterocycles. The second-order valence-electron chi connectivity index (χ2n) is 4.36. The Labute approximate surface area is 116 Å². The highest BCUT2D eigenvalue weighted by Gasteiger charge is 2.14. The highest BCUT2D eigenvalue weighted by molar-refractivity contribution is 6.30. The first-order valence-electron chi connectivity index (χ1n) is 5.80. The van der Waals surface area contributed by atoms with Gasteiger partial charge in [0.05, 0.1) is 0 Å². The van der Waals surface area contributed by atoms with Gasteiger partial charge in [-0.25, -0.2) is 4.79 Å². The lowest BCUT2D eigenvalue weighted by Crippen LogP contribution is -2.01. The van der Waals surface area contributed by atoms with Crippen LogP contribution in [0.4, 0.5) is 0 Å². The van der Waals surface area contributed by atoms with Crippen LogP contribution in [0.2, 0.25) is 5.02 Å². The molecule has 0 aliphatic heterocycles. The van der Waals surface area contributed by atoms with Gasteiger partial charge in [0.2, 0.25) is 0 Å². The van der Waals surface area contributed by atoms with E-state index in [0.717, 1.165) is 11.1 Å². The van der Waals surface area contributed by atoms with E-state index in [-0.39, 0.29) is 17.2 Å². The van der Waals surface area contributed by atoms with E-state index in [2.05, 4.69) is 0 Å². The predicted molar refractivity (Wildman–Crippen MR) is 74.0 cm³/mol. The number of rotatable bonds is 3. The predicted octanol–water partition coefficient (Wildman–Crippen LogP) is 3.90. The number of aromatic hydroxyl groups is 1. The Balaban J connectivity index is 2.42. The quantitative estimate of drug-likeness (QED) is 0.894. The standard InChI is InChI=1S/C15H13ClO3/c1-9(10-3-2-4-12(16)7-10)11-5-6-14(17)13(8-11)15(18)19/h2-9,17H,1H3,(H,18,19). The van der Waals surface area contributed by atoms with Crippen molar-refractivity contribution >= 4 is 17.6 Å². The van der Waals surface area contributed by atoms with Gasteiger partial charge in [-0.2, -0.15) is 0 Å². The van der Waals surface area contributed by atoms with Crippen molar-refractivity contribution in [1.82, 2.24) is 0 Å². The van der Waals surface area contributed by atoms with E-state index in [1.165, 1.54) is 12.1 Å². The fraction of sp³-hybridized carbons (Fsp3) is 0.133. The molecule has 0 aliphatic carbocycles. The molecular formula is C15H13ClO3. The maximum atomic E-state index is 11.0. The summed E-state index contributed by atoms with van der Waals surface area (Å²) >= 11 is 5.95. The first-order valence-corrected chi connectivity index (χ1v) is 6.18. The number of hydrogen-bond acceptors (Lipinski definition) is 2. The Morgan fingerprint density at radius 3 is 2.47 bits per heavy atom. The summed E-state index contributed by atoms with van der Waals surface area (Å²) in [6.45, 7) is 1.96. The molecule has 1 atom stereocenters. The maximum Gasteiger partial charge on any atom is 0.339 e. The Bertz CT molecular complexity index is 623. The van der Waals surface area contributed by atoms with E-state index in [1.54, 1.807) is 12.1 Å². The summed E-state index contributed by atoms with van der Waals surface area (Å²) in [6, 6.07) is 12.0. The highest BCUT2D eigenvalue weighted by atomic mass is 35.5. The number of aromatic carboxylic acids is 1. The number of phenols is 1. The fourth-order valence-corrected chi connectivity index (χ4v) is 2.16. The first-order chi connectivity index (χ1) is 8.99. The molecule has 2 rings (SSSR count). The maximum absolute atomic E-state index is 11.0. The Kier molecular flexibility index (Phi) is 3.76. The molecule has 0 saturated carbocycles. The van der Waals surface area contributed by atoms with Crippen LogP contribution in [0.5, 0.6) is 5.75 Å². The fourth-order valence-electron chi connectivity index (χ4n) is 1.96. The number of carboxylic acid groups (broad SMARTS) is 1. The summed E-state index contributed by atoms with van der Waals surface area (Å²) < 4.78 is 0. The number of carboxylic acids is 1. The van der Waals surface area contributed by atoms with Crippen LogP contribution in [0.25, 0.3) is 0 Å². The molecule has 0 fully saturated rings. The van der Waals surface area contributed by atoms with Gasteiger partial charge in [-0.1, -0.05) is 36.7 Å². The smallest absolute Gasteiger partial charge is 0.339 e. The largest absolute Gasteiger partial charge is 0.507 e. The van der Waals surface area contributed by atoms with E-state index in [1.807, 2.05) is 25.1 Å². The molecule has 98 valence electrons. The van der Waals surface area contributed by atoms with Crippen LogP contribution in [0.15, 0.2) is 42.5 Å². The number of hydrogen-bond donors (Lipinski definition) is 2. The van der Waals surface area contributed by atoms with Crippen molar-refractivity contribution in [3.8, 4) is 5.75 Å². The molecule has 0 radical (unpaired) electrons. The summed E-state index contributed by atoms with van der Waals surface area (Å²) in [4.78, 5) is 11.0. The first kappa shape index (κ1) is 13.4. The van der Waals surface area contributed by atoms with Crippen molar-refractivity contribution in [3.05, 3.63) is 64.2 Å². The molecule has 0 spiro atoms. The minimum Gasteiger partial charge on any atom is -0.507 e. The van der Waals surface area contributed by atoms with Gasteiger partial charge in [-0.15, -0.1) is 0 Å². The minimum atomic E-state index is -1.14. The monoisotopic (exact) mass is 276 g/mol. The zero-order valence-electron chi connectivity index (χ0n) is 10.3. The van der Waals surface area contributed by atoms with Crippen molar-refractivity contribution in [3.63, 3.8) is 0 Å². The van der Waals surface area contributed by atoms with E-state index >= 15 is 0 Å². The lowest BCUT2D eigenvalue weighted by Gasteiger charge is -2.14. The third-order valence-corrected chi connectivity index (χ3v) is 3.33. The van der Waals surface area contributed by atoms with Crippen molar-refractivity contribution < 1.29 is 15.0 Å². The van der Waals surface area contributed by atoms with Crippen LogP contribution in [0.3, 0.4) is 0 Å². The molecule has 0 aromatic heterocycles. The van der Waals surface area contributed by atoms with Crippen molar-refractivity contribution in [1.29, 1.82) is 0 Å². The second-order valence-corrected chi connectivity index (χ2v) is 4.79. The summed E-state index contributed by atoms with van der Waals surface area (Å²) in [5, 5.41) is 19.1. The van der Waals surface area contributed by atoms with Gasteiger partial charge in [0.1, 0.15) is 11.3 Å². The van der Waals surface area contributed by atoms with Crippen LogP contribution >= 0.6 is 11.6 Å². The summed E-state index contributed by atoms with van der Waals surface area (Å²) in [5.41, 5.74) is 1.72. The Morgan fingerprint density at radius 2 is 1.84 bits per heavy atom. The molecule has 2 aromatic carbocycles. The molecule has 19 heavy (non-hydrogen) atoms. The van der Waals surface area contributed by atoms with Crippen molar-refractivity contribution in [2.45, 2.75) is 12.8 Å². The lowest BCUT2D eigenvalue weighted by atomic mass is 9.92. The molecule has 0 amide bonds. The van der Waals surface area contributed by atoms with Gasteiger partial charge in [0.15, 0.2) is 0 Å². The average molecular weight is 277 g/mol. The zero-order valence-corrected chi connectivity index (χ0v) is 11.1. The van der Waals surface area contributed by atoms with Gasteiger partial charge in [-0.3, -0.25) is 0 Å². The molecule has 2 N–H and O–H groups in total. The van der Waals surface area contributed by atoms with Gasteiger partial charge >= 0.3 is 5.97 Å². The zero-order chi connectivity index (χ0) is 14.0. The second kappa shape index (κ2) is 5.33. The third kappa shape index (κ3) is 2.88. The molecule has 3 nitrogen and oxygen atoms in total. The lowest BCUT2D eigenvalue weighted by molar-refractivity contribution is 0.0693. The molecule has 2 aromatic rings. The van der Waals surface area contributed by atoms with Crippen LogP contribution in [-0.2, 0) is 0 Å². The molecular weight excluding hydrogens is 264 g/mol. The molecule has 0 bridgehead atoms. The van der Waals surface area contributed by atoms with Gasteiger partial charge in [0.25, 0.3) is 0 Å². The number of halogens is 1. The van der Waals surface area contributed by atoms with Crippen LogP contribution in [-0.4, -0.2) is 16.2 Å². The van der Waals surface area contributed by atoms with Crippen LogP contribution in [0.1, 0.15) is 34.3 Å². The SMILES string of the molecule is CC(c1cccc(Cl)c1)c1ccc(O)c(C(=O)O)c1. The molecule has 0 aliphatic rings. The number of benzene rings is 2. The van der Waals surface area contributed by atoms with E-state index in [0.29, 0.717) is 5.02 Å². The van der Waals surface area contributed by atoms with Crippen molar-refractivity contribution in [2.75, 3.05) is 0 Å². The average Bonchev–Trinajstić information content (AvgIpc) is 2.38. The Morgan fingerprint density at radius 1 is 1.16 bits per heavy atom. The summed E-state index contributed by atoms with van der Waals surface area (Å²) in [5.74, 6) is -1.37. The van der Waals surface area contributed by atoms with Gasteiger partial charge < -0.3 is 10.2 Å². The normalized spacial score (nSPS) is 12.1. The summed E-state index contributed by atoms with van der Waals surface area (Å²) in [6.07, 6.45) is 0. The number of carbonyl (C=O) groups is 1. The van der Waals surface area contributed by atoms with E-state index in [9.17, 15) is 9.90 Å². The highest BCUT2D eigenvalue weighted by Crippen LogP contribution is 2.29. The molecule has 0 saturated heterocycles. The third-order valence-electron chi connectivity index (χ3n) is 3.10. The molecule has 4 heteroatoms. The van der Waals surface area contributed by atoms with Gasteiger partial charge in [0, 0.05) is 10.9 Å². The minimum absolute atomic E-state index is 0.00241. The summed E-state index contributed by atoms with van der Waals surface area (Å²) in [7, 11) is 0. The van der Waals surface area contributed by atoms with Gasteiger partial charge in [-0.05, 0) is 35.4 Å². The van der Waals surface area contributed by atoms with E-state index < -0.39 is 5.97 Å². The van der Waals surface area contributed by atoms with Crippen LogP contribution < -0.4 is 0 Å².